The SMILES string of the molecule is C=CC(C)(O)CCCC=C(C)C. The van der Waals surface area contributed by atoms with Gasteiger partial charge in [0.05, 0.1) is 5.60 Å². The molecule has 0 amide bonds. The predicted molar refractivity (Wildman–Crippen MR) is 54.1 cm³/mol. The molecule has 0 radical (unpaired) electrons. The van der Waals surface area contributed by atoms with Crippen molar-refractivity contribution in [2.45, 2.75) is 45.6 Å². The van der Waals surface area contributed by atoms with E-state index in [4.69, 9.17) is 0 Å². The van der Waals surface area contributed by atoms with Gasteiger partial charge >= 0.3 is 0 Å². The Morgan fingerprint density at radius 1 is 1.50 bits per heavy atom. The third-order valence-electron chi connectivity index (χ3n) is 1.88. The maximum absolute atomic E-state index is 9.55. The van der Waals surface area contributed by atoms with E-state index >= 15 is 0 Å². The van der Waals surface area contributed by atoms with Crippen molar-refractivity contribution in [1.29, 1.82) is 0 Å². The number of unbranched alkanes of at least 4 members (excludes halogenated alkanes) is 1. The van der Waals surface area contributed by atoms with Gasteiger partial charge in [0.2, 0.25) is 0 Å². The molecule has 0 saturated carbocycles. The first-order valence-electron chi connectivity index (χ1n) is 4.47. The first kappa shape index (κ1) is 11.4. The molecule has 0 aliphatic heterocycles. The zero-order chi connectivity index (χ0) is 9.61. The van der Waals surface area contributed by atoms with Crippen molar-refractivity contribution in [3.05, 3.63) is 24.3 Å². The zero-order valence-electron chi connectivity index (χ0n) is 8.43. The van der Waals surface area contributed by atoms with E-state index in [0.29, 0.717) is 0 Å². The average molecular weight is 168 g/mol. The summed E-state index contributed by atoms with van der Waals surface area (Å²) in [6, 6.07) is 0. The Hall–Kier alpha value is -0.560. The fraction of sp³-hybridized carbons (Fsp3) is 0.636. The van der Waals surface area contributed by atoms with Gasteiger partial charge in [-0.05, 0) is 40.0 Å². The quantitative estimate of drug-likeness (QED) is 0.494. The summed E-state index contributed by atoms with van der Waals surface area (Å²) >= 11 is 0. The highest BCUT2D eigenvalue weighted by Gasteiger charge is 2.13. The molecule has 0 aliphatic carbocycles. The molecule has 0 fully saturated rings. The van der Waals surface area contributed by atoms with Gasteiger partial charge in [-0.1, -0.05) is 17.7 Å². The van der Waals surface area contributed by atoms with E-state index in [-0.39, 0.29) is 0 Å². The van der Waals surface area contributed by atoms with Crippen LogP contribution in [0.4, 0.5) is 0 Å². The monoisotopic (exact) mass is 168 g/mol. The standard InChI is InChI=1S/C11H20O/c1-5-11(4,12)9-7-6-8-10(2)3/h5,8,12H,1,6-7,9H2,2-4H3. The lowest BCUT2D eigenvalue weighted by molar-refractivity contribution is 0.100. The Bertz CT molecular complexity index is 162. The molecule has 0 heterocycles. The van der Waals surface area contributed by atoms with E-state index < -0.39 is 5.60 Å². The van der Waals surface area contributed by atoms with Crippen molar-refractivity contribution in [1.82, 2.24) is 0 Å². The maximum Gasteiger partial charge on any atom is 0.0797 e. The van der Waals surface area contributed by atoms with Gasteiger partial charge in [0.1, 0.15) is 0 Å². The van der Waals surface area contributed by atoms with Gasteiger partial charge in [-0.25, -0.2) is 0 Å². The summed E-state index contributed by atoms with van der Waals surface area (Å²) in [5.74, 6) is 0. The van der Waals surface area contributed by atoms with Crippen molar-refractivity contribution in [2.24, 2.45) is 0 Å². The summed E-state index contributed by atoms with van der Waals surface area (Å²) in [5, 5.41) is 9.55. The lowest BCUT2D eigenvalue weighted by Crippen LogP contribution is -2.19. The summed E-state index contributed by atoms with van der Waals surface area (Å²) in [4.78, 5) is 0. The topological polar surface area (TPSA) is 20.2 Å². The van der Waals surface area contributed by atoms with Crippen LogP contribution >= 0.6 is 0 Å². The third-order valence-corrected chi connectivity index (χ3v) is 1.88. The van der Waals surface area contributed by atoms with E-state index in [9.17, 15) is 5.11 Å². The van der Waals surface area contributed by atoms with Crippen LogP contribution in [0, 0.1) is 0 Å². The largest absolute Gasteiger partial charge is 0.386 e. The Morgan fingerprint density at radius 3 is 2.50 bits per heavy atom. The van der Waals surface area contributed by atoms with Gasteiger partial charge in [-0.3, -0.25) is 0 Å². The molecule has 1 N–H and O–H groups in total. The molecular formula is C11H20O. The Morgan fingerprint density at radius 2 is 2.08 bits per heavy atom. The second-order valence-corrected chi connectivity index (χ2v) is 3.73. The van der Waals surface area contributed by atoms with Gasteiger partial charge in [0, 0.05) is 0 Å². The summed E-state index contributed by atoms with van der Waals surface area (Å²) in [7, 11) is 0. The van der Waals surface area contributed by atoms with Gasteiger partial charge in [0.15, 0.2) is 0 Å². The molecule has 0 rings (SSSR count). The molecule has 0 saturated heterocycles. The van der Waals surface area contributed by atoms with E-state index in [1.807, 2.05) is 0 Å². The van der Waals surface area contributed by atoms with Gasteiger partial charge in [-0.15, -0.1) is 6.58 Å². The molecule has 0 aromatic carbocycles. The molecule has 0 spiro atoms. The highest BCUT2D eigenvalue weighted by Crippen LogP contribution is 2.14. The van der Waals surface area contributed by atoms with E-state index in [1.165, 1.54) is 5.57 Å². The molecule has 1 nitrogen and oxygen atoms in total. The van der Waals surface area contributed by atoms with Gasteiger partial charge < -0.3 is 5.11 Å². The lowest BCUT2D eigenvalue weighted by atomic mass is 9.99. The molecule has 1 atom stereocenters. The summed E-state index contributed by atoms with van der Waals surface area (Å²) < 4.78 is 0. The van der Waals surface area contributed by atoms with Crippen LogP contribution in [0.15, 0.2) is 24.3 Å². The van der Waals surface area contributed by atoms with Crippen molar-refractivity contribution in [3.63, 3.8) is 0 Å². The molecule has 1 heteroatoms. The van der Waals surface area contributed by atoms with E-state index in [1.54, 1.807) is 13.0 Å². The van der Waals surface area contributed by atoms with Gasteiger partial charge in [-0.2, -0.15) is 0 Å². The molecule has 0 aliphatic rings. The average Bonchev–Trinajstić information content (AvgIpc) is 1.98. The highest BCUT2D eigenvalue weighted by molar-refractivity contribution is 4.95. The van der Waals surface area contributed by atoms with Crippen LogP contribution in [-0.2, 0) is 0 Å². The molecule has 0 aromatic heterocycles. The van der Waals surface area contributed by atoms with E-state index in [2.05, 4.69) is 26.5 Å². The van der Waals surface area contributed by atoms with Crippen LogP contribution in [0.3, 0.4) is 0 Å². The zero-order valence-corrected chi connectivity index (χ0v) is 8.43. The van der Waals surface area contributed by atoms with Crippen molar-refractivity contribution >= 4 is 0 Å². The van der Waals surface area contributed by atoms with Crippen molar-refractivity contribution < 1.29 is 5.11 Å². The van der Waals surface area contributed by atoms with Crippen LogP contribution in [0.25, 0.3) is 0 Å². The molecule has 70 valence electrons. The summed E-state index contributed by atoms with van der Waals surface area (Å²) in [6.07, 6.45) is 6.66. The molecule has 0 bridgehead atoms. The number of allylic oxidation sites excluding steroid dienone is 2. The lowest BCUT2D eigenvalue weighted by Gasteiger charge is -2.17. The second-order valence-electron chi connectivity index (χ2n) is 3.73. The van der Waals surface area contributed by atoms with Crippen LogP contribution in [-0.4, -0.2) is 10.7 Å². The predicted octanol–water partition coefficient (Wildman–Crippen LogP) is 3.06. The first-order chi connectivity index (χ1) is 5.48. The number of rotatable bonds is 5. The third kappa shape index (κ3) is 6.17. The second kappa shape index (κ2) is 5.15. The molecule has 1 unspecified atom stereocenters. The van der Waals surface area contributed by atoms with Crippen LogP contribution in [0.2, 0.25) is 0 Å². The number of aliphatic hydroxyl groups is 1. The fourth-order valence-corrected chi connectivity index (χ4v) is 0.953. The van der Waals surface area contributed by atoms with Crippen LogP contribution in [0.5, 0.6) is 0 Å². The smallest absolute Gasteiger partial charge is 0.0797 e. The normalized spacial score (nSPS) is 15.0. The van der Waals surface area contributed by atoms with Crippen LogP contribution < -0.4 is 0 Å². The maximum atomic E-state index is 9.55. The Balaban J connectivity index is 3.57. The summed E-state index contributed by atoms with van der Waals surface area (Å²) in [5.41, 5.74) is 0.656. The minimum atomic E-state index is -0.685. The minimum Gasteiger partial charge on any atom is -0.386 e. The number of hydrogen-bond donors (Lipinski definition) is 1. The molecule has 12 heavy (non-hydrogen) atoms. The highest BCUT2D eigenvalue weighted by atomic mass is 16.3. The fourth-order valence-electron chi connectivity index (χ4n) is 0.953. The molecule has 0 aromatic rings. The Labute approximate surface area is 75.8 Å². The minimum absolute atomic E-state index is 0.685. The van der Waals surface area contributed by atoms with Crippen molar-refractivity contribution in [3.8, 4) is 0 Å². The number of hydrogen-bond acceptors (Lipinski definition) is 1. The summed E-state index contributed by atoms with van der Waals surface area (Å²) in [6.45, 7) is 9.55. The first-order valence-corrected chi connectivity index (χ1v) is 4.47. The van der Waals surface area contributed by atoms with Gasteiger partial charge in [0.25, 0.3) is 0 Å². The van der Waals surface area contributed by atoms with Crippen molar-refractivity contribution in [2.75, 3.05) is 0 Å². The Kier molecular flexibility index (Phi) is 4.91. The van der Waals surface area contributed by atoms with Crippen LogP contribution in [0.1, 0.15) is 40.0 Å². The molecular weight excluding hydrogens is 148 g/mol. The van der Waals surface area contributed by atoms with E-state index in [0.717, 1.165) is 19.3 Å².